The minimum Gasteiger partial charge on any atom is -0.362 e. The molecule has 3 heteroatoms. The van der Waals surface area contributed by atoms with Crippen molar-refractivity contribution in [2.75, 3.05) is 5.75 Å². The molecular weight excluding hydrogens is 156 g/mol. The Kier molecular flexibility index (Phi) is 2.07. The van der Waals surface area contributed by atoms with Crippen LogP contribution in [0.4, 0.5) is 0 Å². The van der Waals surface area contributed by atoms with Gasteiger partial charge < -0.3 is 5.32 Å². The first-order chi connectivity index (χ1) is 5.38. The van der Waals surface area contributed by atoms with Gasteiger partial charge in [0.2, 0.25) is 0 Å². The summed E-state index contributed by atoms with van der Waals surface area (Å²) >= 11 is 1.88. The molecule has 0 aromatic rings. The molecule has 11 heavy (non-hydrogen) atoms. The molecule has 2 rings (SSSR count). The van der Waals surface area contributed by atoms with Crippen molar-refractivity contribution in [3.63, 3.8) is 0 Å². The second kappa shape index (κ2) is 3.05. The number of nitrogens with zero attached hydrogens (tertiary/aromatic N) is 1. The molecule has 1 aliphatic heterocycles. The van der Waals surface area contributed by atoms with E-state index in [0.717, 1.165) is 6.04 Å². The quantitative estimate of drug-likeness (QED) is 0.681. The van der Waals surface area contributed by atoms with Crippen LogP contribution in [0.3, 0.4) is 0 Å². The van der Waals surface area contributed by atoms with Crippen molar-refractivity contribution < 1.29 is 0 Å². The van der Waals surface area contributed by atoms with E-state index in [1.807, 2.05) is 11.8 Å². The van der Waals surface area contributed by atoms with Gasteiger partial charge >= 0.3 is 0 Å². The summed E-state index contributed by atoms with van der Waals surface area (Å²) in [5.74, 6) is 1.19. The van der Waals surface area contributed by atoms with Crippen LogP contribution in [-0.2, 0) is 0 Å². The van der Waals surface area contributed by atoms with Gasteiger partial charge in [-0.2, -0.15) is 0 Å². The highest BCUT2D eigenvalue weighted by atomic mass is 32.2. The predicted molar refractivity (Wildman–Crippen MR) is 50.1 cm³/mol. The van der Waals surface area contributed by atoms with Crippen LogP contribution < -0.4 is 5.32 Å². The minimum atomic E-state index is 0.584. The number of hydrogen-bond donors (Lipinski definition) is 1. The monoisotopic (exact) mass is 170 g/mol. The zero-order chi connectivity index (χ0) is 7.68. The number of aliphatic imine (C=N–C) groups is 1. The molecule has 0 aromatic carbocycles. The van der Waals surface area contributed by atoms with Crippen molar-refractivity contribution in [1.82, 2.24) is 5.32 Å². The highest BCUT2D eigenvalue weighted by molar-refractivity contribution is 8.14. The van der Waals surface area contributed by atoms with E-state index in [1.54, 1.807) is 0 Å². The summed E-state index contributed by atoms with van der Waals surface area (Å²) in [5.41, 5.74) is 0. The first-order valence-corrected chi connectivity index (χ1v) is 5.34. The van der Waals surface area contributed by atoms with Gasteiger partial charge in [0.25, 0.3) is 0 Å². The standard InChI is InChI=1S/C8H14N2S/c1-2-6-5-11-8(9-6)10-7-3-4-7/h6-7H,2-5H2,1H3,(H,9,10). The van der Waals surface area contributed by atoms with E-state index < -0.39 is 0 Å². The summed E-state index contributed by atoms with van der Waals surface area (Å²) in [6.45, 7) is 2.20. The van der Waals surface area contributed by atoms with E-state index >= 15 is 0 Å². The van der Waals surface area contributed by atoms with Crippen LogP contribution in [0.1, 0.15) is 26.2 Å². The molecule has 2 nitrogen and oxygen atoms in total. The van der Waals surface area contributed by atoms with Gasteiger partial charge in [-0.05, 0) is 19.3 Å². The Morgan fingerprint density at radius 1 is 1.64 bits per heavy atom. The van der Waals surface area contributed by atoms with E-state index in [1.165, 1.54) is 30.2 Å². The maximum atomic E-state index is 4.56. The first-order valence-electron chi connectivity index (χ1n) is 4.35. The van der Waals surface area contributed by atoms with Gasteiger partial charge in [0, 0.05) is 11.8 Å². The Bertz CT molecular complexity index is 175. The van der Waals surface area contributed by atoms with Gasteiger partial charge in [0.1, 0.15) is 0 Å². The SMILES string of the molecule is CCC1CSC(NC2CC2)=N1. The number of thioether (sulfide) groups is 1. The third-order valence-electron chi connectivity index (χ3n) is 2.09. The van der Waals surface area contributed by atoms with Crippen molar-refractivity contribution in [3.8, 4) is 0 Å². The molecule has 1 aliphatic carbocycles. The van der Waals surface area contributed by atoms with Gasteiger partial charge in [-0.15, -0.1) is 0 Å². The normalized spacial score (nSPS) is 30.3. The summed E-state index contributed by atoms with van der Waals surface area (Å²) in [5, 5.41) is 4.62. The van der Waals surface area contributed by atoms with Crippen LogP contribution in [0, 0.1) is 0 Å². The number of rotatable bonds is 2. The molecule has 0 amide bonds. The fourth-order valence-electron chi connectivity index (χ4n) is 1.11. The molecule has 0 saturated heterocycles. The average molecular weight is 170 g/mol. The van der Waals surface area contributed by atoms with Crippen molar-refractivity contribution in [2.45, 2.75) is 38.3 Å². The number of nitrogens with one attached hydrogen (secondary N) is 1. The van der Waals surface area contributed by atoms with Crippen LogP contribution in [-0.4, -0.2) is 23.0 Å². The van der Waals surface area contributed by atoms with Crippen LogP contribution in [0.2, 0.25) is 0 Å². The molecule has 1 unspecified atom stereocenters. The Morgan fingerprint density at radius 3 is 3.00 bits per heavy atom. The number of hydrogen-bond acceptors (Lipinski definition) is 3. The molecule has 62 valence electrons. The van der Waals surface area contributed by atoms with Crippen LogP contribution >= 0.6 is 11.8 Å². The lowest BCUT2D eigenvalue weighted by Gasteiger charge is -1.99. The molecule has 0 aromatic heterocycles. The second-order valence-corrected chi connectivity index (χ2v) is 4.23. The molecule has 1 heterocycles. The highest BCUT2D eigenvalue weighted by Gasteiger charge is 2.25. The lowest BCUT2D eigenvalue weighted by atomic mass is 10.3. The Balaban J connectivity index is 1.83. The molecule has 0 bridgehead atoms. The third-order valence-corrected chi connectivity index (χ3v) is 3.14. The Morgan fingerprint density at radius 2 is 2.45 bits per heavy atom. The number of amidine groups is 1. The Labute approximate surface area is 71.9 Å². The van der Waals surface area contributed by atoms with Crippen LogP contribution in [0.5, 0.6) is 0 Å². The predicted octanol–water partition coefficient (Wildman–Crippen LogP) is 1.62. The Hall–Kier alpha value is -0.180. The van der Waals surface area contributed by atoms with E-state index in [4.69, 9.17) is 0 Å². The van der Waals surface area contributed by atoms with Crippen molar-refractivity contribution in [3.05, 3.63) is 0 Å². The van der Waals surface area contributed by atoms with Crippen molar-refractivity contribution >= 4 is 16.9 Å². The zero-order valence-corrected chi connectivity index (χ0v) is 7.66. The molecule has 1 fully saturated rings. The van der Waals surface area contributed by atoms with E-state index in [2.05, 4.69) is 17.2 Å². The minimum absolute atomic E-state index is 0.584. The fraction of sp³-hybridized carbons (Fsp3) is 0.875. The molecule has 2 aliphatic rings. The summed E-state index contributed by atoms with van der Waals surface area (Å²) in [4.78, 5) is 4.56. The second-order valence-electron chi connectivity index (χ2n) is 3.23. The van der Waals surface area contributed by atoms with Gasteiger partial charge in [-0.1, -0.05) is 18.7 Å². The first kappa shape index (κ1) is 7.47. The van der Waals surface area contributed by atoms with Crippen molar-refractivity contribution in [2.24, 2.45) is 4.99 Å². The zero-order valence-electron chi connectivity index (χ0n) is 6.84. The van der Waals surface area contributed by atoms with Crippen LogP contribution in [0.25, 0.3) is 0 Å². The van der Waals surface area contributed by atoms with Gasteiger partial charge in [-0.3, -0.25) is 4.99 Å². The summed E-state index contributed by atoms with van der Waals surface area (Å²) in [6.07, 6.45) is 3.87. The molecule has 1 atom stereocenters. The highest BCUT2D eigenvalue weighted by Crippen LogP contribution is 2.24. The van der Waals surface area contributed by atoms with Gasteiger partial charge in [-0.25, -0.2) is 0 Å². The lowest BCUT2D eigenvalue weighted by molar-refractivity contribution is 0.732. The maximum absolute atomic E-state index is 4.56. The van der Waals surface area contributed by atoms with Crippen molar-refractivity contribution in [1.29, 1.82) is 0 Å². The molecule has 0 radical (unpaired) electrons. The maximum Gasteiger partial charge on any atom is 0.157 e. The van der Waals surface area contributed by atoms with E-state index in [9.17, 15) is 0 Å². The van der Waals surface area contributed by atoms with Gasteiger partial charge in [0.05, 0.1) is 6.04 Å². The van der Waals surface area contributed by atoms with E-state index in [-0.39, 0.29) is 0 Å². The van der Waals surface area contributed by atoms with Crippen LogP contribution in [0.15, 0.2) is 4.99 Å². The smallest absolute Gasteiger partial charge is 0.157 e. The third kappa shape index (κ3) is 1.89. The molecular formula is C8H14N2S. The fourth-order valence-corrected chi connectivity index (χ4v) is 2.24. The summed E-state index contributed by atoms with van der Waals surface area (Å²) in [6, 6.07) is 1.35. The lowest BCUT2D eigenvalue weighted by Crippen LogP contribution is -2.20. The average Bonchev–Trinajstić information content (AvgIpc) is 2.68. The topological polar surface area (TPSA) is 24.4 Å². The summed E-state index contributed by atoms with van der Waals surface area (Å²) in [7, 11) is 0. The van der Waals surface area contributed by atoms with E-state index in [0.29, 0.717) is 6.04 Å². The molecule has 1 N–H and O–H groups in total. The largest absolute Gasteiger partial charge is 0.362 e. The van der Waals surface area contributed by atoms with Gasteiger partial charge in [0.15, 0.2) is 5.17 Å². The molecule has 1 saturated carbocycles. The summed E-state index contributed by atoms with van der Waals surface area (Å²) < 4.78 is 0. The molecule has 0 spiro atoms.